The average Bonchev–Trinajstić information content (AvgIpc) is 3.07. The monoisotopic (exact) mass is 559 g/mol. The SMILES string of the molecule is CCCOc1cccc(C(OC(=O)NC[C@H]2O[C@@H](n3ccc(=O)[nH]c3=O)[C@H](O)[C@@H]2O)P(=O)([O-])[O-])c1.[Na+].[Na+]. The molecule has 37 heavy (non-hydrogen) atoms. The third-order valence-electron chi connectivity index (χ3n) is 5.03. The van der Waals surface area contributed by atoms with Crippen LogP contribution >= 0.6 is 7.60 Å². The number of aromatic amines is 1. The number of ether oxygens (including phenoxy) is 3. The largest absolute Gasteiger partial charge is 1.00 e. The van der Waals surface area contributed by atoms with E-state index in [9.17, 15) is 38.9 Å². The number of H-pyrrole nitrogens is 1. The molecule has 1 aliphatic heterocycles. The Labute approximate surface area is 255 Å². The second-order valence-electron chi connectivity index (χ2n) is 7.66. The summed E-state index contributed by atoms with van der Waals surface area (Å²) in [6.45, 7) is 1.75. The maximum absolute atomic E-state index is 12.3. The number of hydrogen-bond donors (Lipinski definition) is 4. The van der Waals surface area contributed by atoms with Crippen molar-refractivity contribution in [1.82, 2.24) is 14.9 Å². The van der Waals surface area contributed by atoms with E-state index in [1.54, 1.807) is 6.07 Å². The molecule has 0 saturated carbocycles. The fraction of sp³-hybridized carbons (Fsp3) is 0.450. The van der Waals surface area contributed by atoms with E-state index >= 15 is 0 Å². The first-order valence-electron chi connectivity index (χ1n) is 10.5. The first-order valence-corrected chi connectivity index (χ1v) is 12.1. The Hall–Kier alpha value is -1.00. The molecular weight excluding hydrogens is 535 g/mol. The molecule has 192 valence electrons. The molecule has 1 aromatic carbocycles. The van der Waals surface area contributed by atoms with E-state index < -0.39 is 61.9 Å². The number of aliphatic hydroxyl groups excluding tert-OH is 2. The molecule has 1 saturated heterocycles. The molecule has 2 aromatic rings. The van der Waals surface area contributed by atoms with Gasteiger partial charge in [-0.15, -0.1) is 0 Å². The fourth-order valence-corrected chi connectivity index (χ4v) is 4.13. The minimum absolute atomic E-state index is 0. The number of nitrogens with one attached hydrogen (secondary N) is 2. The number of rotatable bonds is 9. The predicted molar refractivity (Wildman–Crippen MR) is 114 cm³/mol. The van der Waals surface area contributed by atoms with Gasteiger partial charge in [-0.05, 0) is 26.1 Å². The molecule has 0 spiro atoms. The van der Waals surface area contributed by atoms with Crippen LogP contribution in [0.1, 0.15) is 31.0 Å². The standard InChI is InChI=1S/C20H26N3O11P.2Na/c1-2-8-32-12-5-3-4-11(9-12)18(35(29,30)31)34-20(28)21-10-13-15(25)16(26)17(33-13)23-7-6-14(24)22-19(23)27;;/h3-7,9,13,15-18,25-26H,2,8,10H2,1H3,(H,21,28)(H,22,24,27)(H2,29,30,31);;/q;2*+1/p-2/t13-,15-,16-,17-,18?;;/m1../s1. The Morgan fingerprint density at radius 3 is 2.57 bits per heavy atom. The first kappa shape index (κ1) is 34.0. The molecule has 1 amide bonds. The van der Waals surface area contributed by atoms with Crippen LogP contribution in [-0.4, -0.2) is 57.3 Å². The van der Waals surface area contributed by atoms with Crippen molar-refractivity contribution in [3.8, 4) is 5.75 Å². The molecule has 0 radical (unpaired) electrons. The van der Waals surface area contributed by atoms with Crippen LogP contribution in [0.4, 0.5) is 4.79 Å². The number of carbonyl (C=O) groups is 1. The van der Waals surface area contributed by atoms with Crippen molar-refractivity contribution in [2.75, 3.05) is 13.2 Å². The van der Waals surface area contributed by atoms with Gasteiger partial charge in [0.2, 0.25) is 0 Å². The molecule has 2 heterocycles. The summed E-state index contributed by atoms with van der Waals surface area (Å²) >= 11 is 0. The van der Waals surface area contributed by atoms with E-state index in [1.165, 1.54) is 18.2 Å². The Bertz CT molecular complexity index is 1200. The van der Waals surface area contributed by atoms with Gasteiger partial charge in [0.05, 0.1) is 6.61 Å². The molecular formula is C20H24N3Na2O11P. The number of hydrogen-bond acceptors (Lipinski definition) is 11. The van der Waals surface area contributed by atoms with E-state index in [1.807, 2.05) is 11.9 Å². The van der Waals surface area contributed by atoms with Crippen molar-refractivity contribution in [1.29, 1.82) is 0 Å². The quantitative estimate of drug-likeness (QED) is 0.167. The maximum Gasteiger partial charge on any atom is 1.00 e. The Balaban J connectivity index is 0.00000342. The smallest absolute Gasteiger partial charge is 0.808 e. The summed E-state index contributed by atoms with van der Waals surface area (Å²) in [6.07, 6.45) is -5.33. The second kappa shape index (κ2) is 15.0. The zero-order valence-electron chi connectivity index (χ0n) is 20.4. The van der Waals surface area contributed by atoms with Crippen LogP contribution in [0.2, 0.25) is 0 Å². The zero-order valence-corrected chi connectivity index (χ0v) is 25.3. The minimum Gasteiger partial charge on any atom is -0.808 e. The van der Waals surface area contributed by atoms with E-state index in [4.69, 9.17) is 14.2 Å². The molecule has 1 unspecified atom stereocenters. The van der Waals surface area contributed by atoms with Gasteiger partial charge in [0.15, 0.2) is 12.1 Å². The molecule has 5 atom stereocenters. The van der Waals surface area contributed by atoms with Gasteiger partial charge in [-0.1, -0.05) is 19.1 Å². The van der Waals surface area contributed by atoms with Crippen LogP contribution in [0, 0.1) is 0 Å². The van der Waals surface area contributed by atoms with Gasteiger partial charge in [0.25, 0.3) is 5.56 Å². The molecule has 1 aromatic heterocycles. The maximum atomic E-state index is 12.3. The van der Waals surface area contributed by atoms with Crippen LogP contribution in [0.15, 0.2) is 46.1 Å². The molecule has 17 heteroatoms. The summed E-state index contributed by atoms with van der Waals surface area (Å²) in [7, 11) is -5.45. The fourth-order valence-electron chi connectivity index (χ4n) is 3.38. The zero-order chi connectivity index (χ0) is 25.8. The van der Waals surface area contributed by atoms with Crippen molar-refractivity contribution < 1.29 is 103 Å². The molecule has 1 aliphatic rings. The number of carbonyl (C=O) groups excluding carboxylic acids is 1. The Kier molecular flexibility index (Phi) is 13.8. The van der Waals surface area contributed by atoms with Gasteiger partial charge >= 0.3 is 70.9 Å². The molecule has 0 bridgehead atoms. The summed E-state index contributed by atoms with van der Waals surface area (Å²) in [5.41, 5.74) is -1.69. The number of nitrogens with zero attached hydrogens (tertiary/aromatic N) is 1. The van der Waals surface area contributed by atoms with Crippen molar-refractivity contribution in [3.63, 3.8) is 0 Å². The first-order chi connectivity index (χ1) is 16.5. The predicted octanol–water partition coefficient (Wildman–Crippen LogP) is -7.71. The van der Waals surface area contributed by atoms with Gasteiger partial charge in [0.1, 0.15) is 24.1 Å². The van der Waals surface area contributed by atoms with Gasteiger partial charge in [-0.3, -0.25) is 14.3 Å². The molecule has 14 nitrogen and oxygen atoms in total. The number of amides is 1. The summed E-state index contributed by atoms with van der Waals surface area (Å²) in [4.78, 5) is 60.9. The summed E-state index contributed by atoms with van der Waals surface area (Å²) < 4.78 is 28.3. The van der Waals surface area contributed by atoms with Crippen LogP contribution in [0.25, 0.3) is 0 Å². The van der Waals surface area contributed by atoms with Crippen molar-refractivity contribution in [2.45, 2.75) is 43.7 Å². The van der Waals surface area contributed by atoms with E-state index in [0.29, 0.717) is 13.0 Å². The topological polar surface area (TPSA) is 215 Å². The third kappa shape index (κ3) is 9.02. The summed E-state index contributed by atoms with van der Waals surface area (Å²) in [5, 5.41) is 22.6. The van der Waals surface area contributed by atoms with Gasteiger partial charge < -0.3 is 44.1 Å². The Morgan fingerprint density at radius 1 is 1.24 bits per heavy atom. The number of alkyl carbamates (subject to hydrolysis) is 1. The van der Waals surface area contributed by atoms with Crippen LogP contribution in [0.5, 0.6) is 5.75 Å². The minimum atomic E-state index is -5.45. The van der Waals surface area contributed by atoms with Crippen LogP contribution in [-0.2, 0) is 14.0 Å². The van der Waals surface area contributed by atoms with Crippen LogP contribution in [0.3, 0.4) is 0 Å². The van der Waals surface area contributed by atoms with Gasteiger partial charge in [-0.25, -0.2) is 9.59 Å². The van der Waals surface area contributed by atoms with Crippen LogP contribution < -0.4 is 90.2 Å². The van der Waals surface area contributed by atoms with Crippen molar-refractivity contribution >= 4 is 13.7 Å². The normalized spacial score (nSPS) is 21.8. The van der Waals surface area contributed by atoms with E-state index in [0.717, 1.165) is 16.8 Å². The van der Waals surface area contributed by atoms with E-state index in [2.05, 4.69) is 5.32 Å². The molecule has 1 fully saturated rings. The summed E-state index contributed by atoms with van der Waals surface area (Å²) in [6, 6.07) is 6.55. The average molecular weight is 559 g/mol. The second-order valence-corrected chi connectivity index (χ2v) is 9.21. The van der Waals surface area contributed by atoms with Crippen molar-refractivity contribution in [2.24, 2.45) is 0 Å². The Morgan fingerprint density at radius 2 is 1.95 bits per heavy atom. The van der Waals surface area contributed by atoms with Crippen molar-refractivity contribution in [3.05, 3.63) is 62.9 Å². The third-order valence-corrected chi connectivity index (χ3v) is 6.01. The molecule has 0 aliphatic carbocycles. The van der Waals surface area contributed by atoms with Gasteiger partial charge in [-0.2, -0.15) is 0 Å². The van der Waals surface area contributed by atoms with E-state index in [-0.39, 0.29) is 70.4 Å². The van der Waals surface area contributed by atoms with Gasteiger partial charge in [0, 0.05) is 24.4 Å². The number of aromatic nitrogens is 2. The summed E-state index contributed by atoms with van der Waals surface area (Å²) in [5.74, 6) is -1.87. The molecule has 4 N–H and O–H groups in total. The number of aliphatic hydroxyl groups is 2. The number of benzene rings is 1. The molecule has 3 rings (SSSR count).